The fourth-order valence-corrected chi connectivity index (χ4v) is 1.49. The molecule has 74 valence electrons. The smallest absolute Gasteiger partial charge is 0.304 e. The lowest BCUT2D eigenvalue weighted by Crippen LogP contribution is -2.30. The minimum Gasteiger partial charge on any atom is -0.315 e. The van der Waals surface area contributed by atoms with Gasteiger partial charge < -0.3 is 10.3 Å². The molecule has 0 aromatic carbocycles. The average molecular weight is 200 g/mol. The lowest BCUT2D eigenvalue weighted by molar-refractivity contribution is 0.424. The number of aromatic amines is 1. The number of hydrogen-bond acceptors (Lipinski definition) is 3. The van der Waals surface area contributed by atoms with Crippen molar-refractivity contribution >= 4 is 11.3 Å². The Balaban J connectivity index is 2.39. The Morgan fingerprint density at radius 3 is 2.69 bits per heavy atom. The molecule has 0 spiro atoms. The van der Waals surface area contributed by atoms with E-state index in [1.54, 1.807) is 0 Å². The van der Waals surface area contributed by atoms with Crippen molar-refractivity contribution in [2.45, 2.75) is 33.4 Å². The van der Waals surface area contributed by atoms with Crippen molar-refractivity contribution < 1.29 is 0 Å². The van der Waals surface area contributed by atoms with E-state index in [-0.39, 0.29) is 4.87 Å². The van der Waals surface area contributed by atoms with Crippen LogP contribution in [0.2, 0.25) is 0 Å². The van der Waals surface area contributed by atoms with Crippen LogP contribution in [-0.2, 0) is 6.54 Å². The van der Waals surface area contributed by atoms with E-state index in [1.807, 2.05) is 5.38 Å². The van der Waals surface area contributed by atoms with E-state index in [1.165, 1.54) is 11.3 Å². The minimum absolute atomic E-state index is 0.0222. The number of thiazole rings is 1. The van der Waals surface area contributed by atoms with Crippen molar-refractivity contribution in [3.05, 3.63) is 20.7 Å². The van der Waals surface area contributed by atoms with Crippen molar-refractivity contribution in [2.24, 2.45) is 5.92 Å². The monoisotopic (exact) mass is 200 g/mol. The van der Waals surface area contributed by atoms with Crippen LogP contribution in [0.25, 0.3) is 0 Å². The summed E-state index contributed by atoms with van der Waals surface area (Å²) in [6.45, 7) is 7.25. The molecule has 0 saturated carbocycles. The van der Waals surface area contributed by atoms with E-state index in [4.69, 9.17) is 0 Å². The average Bonchev–Trinajstić information content (AvgIpc) is 2.47. The lowest BCUT2D eigenvalue weighted by atomic mass is 10.1. The number of H-pyrrole nitrogens is 1. The Kier molecular flexibility index (Phi) is 3.69. The first-order valence-corrected chi connectivity index (χ1v) is 5.37. The Labute approximate surface area is 82.2 Å². The van der Waals surface area contributed by atoms with Gasteiger partial charge in [0.1, 0.15) is 0 Å². The fourth-order valence-electron chi connectivity index (χ4n) is 0.907. The highest BCUT2D eigenvalue weighted by molar-refractivity contribution is 7.07. The molecule has 0 saturated heterocycles. The van der Waals surface area contributed by atoms with Gasteiger partial charge >= 0.3 is 4.87 Å². The summed E-state index contributed by atoms with van der Waals surface area (Å²) in [5.74, 6) is 0.616. The SMILES string of the molecule is CC(C)C(C)NCc1csc(=O)[nH]1. The first kappa shape index (κ1) is 10.5. The molecular formula is C9H16N2OS. The molecule has 1 aromatic rings. The molecule has 2 N–H and O–H groups in total. The van der Waals surface area contributed by atoms with Crippen LogP contribution in [0.3, 0.4) is 0 Å². The molecule has 0 amide bonds. The van der Waals surface area contributed by atoms with Crippen molar-refractivity contribution in [2.75, 3.05) is 0 Å². The minimum atomic E-state index is 0.0222. The van der Waals surface area contributed by atoms with Crippen LogP contribution in [-0.4, -0.2) is 11.0 Å². The number of rotatable bonds is 4. The predicted octanol–water partition coefficient (Wildman–Crippen LogP) is 1.57. The zero-order valence-electron chi connectivity index (χ0n) is 8.26. The van der Waals surface area contributed by atoms with Crippen LogP contribution in [0.1, 0.15) is 26.5 Å². The highest BCUT2D eigenvalue weighted by Gasteiger charge is 2.06. The van der Waals surface area contributed by atoms with E-state index < -0.39 is 0 Å². The third kappa shape index (κ3) is 3.32. The summed E-state index contributed by atoms with van der Waals surface area (Å²) in [4.78, 5) is 13.6. The summed E-state index contributed by atoms with van der Waals surface area (Å²) in [6, 6.07) is 0.475. The van der Waals surface area contributed by atoms with Gasteiger partial charge in [0.25, 0.3) is 0 Å². The second kappa shape index (κ2) is 4.58. The van der Waals surface area contributed by atoms with Gasteiger partial charge in [-0.2, -0.15) is 0 Å². The van der Waals surface area contributed by atoms with Gasteiger partial charge in [-0.05, 0) is 12.8 Å². The Bertz CT molecular complexity index is 303. The van der Waals surface area contributed by atoms with Gasteiger partial charge in [-0.3, -0.25) is 4.79 Å². The Hall–Kier alpha value is -0.610. The van der Waals surface area contributed by atoms with Crippen LogP contribution in [0.5, 0.6) is 0 Å². The summed E-state index contributed by atoms with van der Waals surface area (Å²) in [5.41, 5.74) is 0.975. The van der Waals surface area contributed by atoms with Gasteiger partial charge in [0.05, 0.1) is 0 Å². The van der Waals surface area contributed by atoms with Gasteiger partial charge in [-0.25, -0.2) is 0 Å². The molecule has 1 aromatic heterocycles. The molecule has 0 aliphatic rings. The zero-order valence-corrected chi connectivity index (χ0v) is 9.07. The maximum atomic E-state index is 10.8. The van der Waals surface area contributed by atoms with Crippen LogP contribution < -0.4 is 10.2 Å². The van der Waals surface area contributed by atoms with Crippen LogP contribution in [0, 0.1) is 5.92 Å². The highest BCUT2D eigenvalue weighted by Crippen LogP contribution is 2.02. The van der Waals surface area contributed by atoms with E-state index >= 15 is 0 Å². The number of hydrogen-bond donors (Lipinski definition) is 2. The molecule has 1 atom stereocenters. The molecule has 0 fully saturated rings. The normalized spacial score (nSPS) is 13.5. The molecule has 1 unspecified atom stereocenters. The zero-order chi connectivity index (χ0) is 9.84. The van der Waals surface area contributed by atoms with Crippen LogP contribution >= 0.6 is 11.3 Å². The molecule has 0 radical (unpaired) electrons. The topological polar surface area (TPSA) is 44.9 Å². The molecule has 0 aliphatic carbocycles. The molecule has 0 aliphatic heterocycles. The van der Waals surface area contributed by atoms with Crippen LogP contribution in [0.4, 0.5) is 0 Å². The summed E-state index contributed by atoms with van der Waals surface area (Å²) >= 11 is 1.21. The molecule has 1 rings (SSSR count). The first-order chi connectivity index (χ1) is 6.09. The second-order valence-electron chi connectivity index (χ2n) is 3.59. The van der Waals surface area contributed by atoms with Gasteiger partial charge in [0.2, 0.25) is 0 Å². The second-order valence-corrected chi connectivity index (χ2v) is 4.43. The van der Waals surface area contributed by atoms with Crippen molar-refractivity contribution in [1.82, 2.24) is 10.3 Å². The summed E-state index contributed by atoms with van der Waals surface area (Å²) < 4.78 is 0. The highest BCUT2D eigenvalue weighted by atomic mass is 32.1. The fraction of sp³-hybridized carbons (Fsp3) is 0.667. The summed E-state index contributed by atoms with van der Waals surface area (Å²) in [6.07, 6.45) is 0. The molecular weight excluding hydrogens is 184 g/mol. The van der Waals surface area contributed by atoms with E-state index in [0.29, 0.717) is 12.0 Å². The standard InChI is InChI=1S/C9H16N2OS/c1-6(2)7(3)10-4-8-5-13-9(12)11-8/h5-7,10H,4H2,1-3H3,(H,11,12). The largest absolute Gasteiger partial charge is 0.315 e. The van der Waals surface area contributed by atoms with E-state index in [2.05, 4.69) is 31.1 Å². The molecule has 0 bridgehead atoms. The Morgan fingerprint density at radius 2 is 2.23 bits per heavy atom. The third-order valence-electron chi connectivity index (χ3n) is 2.19. The summed E-state index contributed by atoms with van der Waals surface area (Å²) in [7, 11) is 0. The molecule has 4 heteroatoms. The van der Waals surface area contributed by atoms with Gasteiger partial charge in [0, 0.05) is 23.7 Å². The quantitative estimate of drug-likeness (QED) is 0.775. The van der Waals surface area contributed by atoms with Crippen LogP contribution in [0.15, 0.2) is 10.2 Å². The lowest BCUT2D eigenvalue weighted by Gasteiger charge is -2.16. The Morgan fingerprint density at radius 1 is 1.54 bits per heavy atom. The van der Waals surface area contributed by atoms with Gasteiger partial charge in [0.15, 0.2) is 0 Å². The van der Waals surface area contributed by atoms with Gasteiger partial charge in [-0.1, -0.05) is 25.2 Å². The van der Waals surface area contributed by atoms with Crippen molar-refractivity contribution in [3.8, 4) is 0 Å². The first-order valence-electron chi connectivity index (χ1n) is 4.49. The van der Waals surface area contributed by atoms with Crippen molar-refractivity contribution in [1.29, 1.82) is 0 Å². The predicted molar refractivity (Wildman–Crippen MR) is 56.1 cm³/mol. The molecule has 3 nitrogen and oxygen atoms in total. The summed E-state index contributed by atoms with van der Waals surface area (Å²) in [5, 5.41) is 5.21. The maximum Gasteiger partial charge on any atom is 0.304 e. The van der Waals surface area contributed by atoms with E-state index in [0.717, 1.165) is 12.2 Å². The molecule has 13 heavy (non-hydrogen) atoms. The number of nitrogens with one attached hydrogen (secondary N) is 2. The molecule has 1 heterocycles. The van der Waals surface area contributed by atoms with Gasteiger partial charge in [-0.15, -0.1) is 0 Å². The van der Waals surface area contributed by atoms with E-state index in [9.17, 15) is 4.79 Å². The number of aromatic nitrogens is 1. The third-order valence-corrected chi connectivity index (χ3v) is 2.90. The van der Waals surface area contributed by atoms with Crippen molar-refractivity contribution in [3.63, 3.8) is 0 Å². The maximum absolute atomic E-state index is 10.8.